The van der Waals surface area contributed by atoms with Crippen molar-refractivity contribution in [3.8, 4) is 0 Å². The van der Waals surface area contributed by atoms with Crippen LogP contribution in [0, 0.1) is 10.1 Å². The molecule has 0 aliphatic heterocycles. The van der Waals surface area contributed by atoms with Crippen molar-refractivity contribution in [2.24, 2.45) is 0 Å². The summed E-state index contributed by atoms with van der Waals surface area (Å²) in [5.41, 5.74) is 0.0285. The molecule has 1 rings (SSSR count). The predicted octanol–water partition coefficient (Wildman–Crippen LogP) is 0.524. The summed E-state index contributed by atoms with van der Waals surface area (Å²) in [7, 11) is -2.44. The second kappa shape index (κ2) is 7.17. The molecular formula is C11H18N4O4S. The van der Waals surface area contributed by atoms with Crippen molar-refractivity contribution in [1.29, 1.82) is 0 Å². The lowest BCUT2D eigenvalue weighted by Gasteiger charge is -2.09. The summed E-state index contributed by atoms with van der Waals surface area (Å²) in [6, 6.07) is 3.77. The Morgan fingerprint density at radius 1 is 1.30 bits per heavy atom. The highest BCUT2D eigenvalue weighted by atomic mass is 32.2. The summed E-state index contributed by atoms with van der Waals surface area (Å²) in [6.07, 6.45) is 0. The number of anilines is 1. The Bertz CT molecular complexity index is 574. The van der Waals surface area contributed by atoms with Crippen LogP contribution in [0.15, 0.2) is 23.1 Å². The molecule has 0 bridgehead atoms. The number of sulfonamides is 1. The van der Waals surface area contributed by atoms with Crippen molar-refractivity contribution < 1.29 is 13.3 Å². The lowest BCUT2D eigenvalue weighted by Crippen LogP contribution is -2.22. The quantitative estimate of drug-likeness (QED) is 0.366. The second-order valence-corrected chi connectivity index (χ2v) is 5.81. The Balaban J connectivity index is 3.00. The first-order valence-electron chi connectivity index (χ1n) is 6.09. The Morgan fingerprint density at radius 3 is 2.55 bits per heavy atom. The summed E-state index contributed by atoms with van der Waals surface area (Å²) >= 11 is 0. The Hall–Kier alpha value is -1.71. The van der Waals surface area contributed by atoms with E-state index in [1.807, 2.05) is 6.92 Å². The minimum atomic E-state index is -3.69. The second-order valence-electron chi connectivity index (χ2n) is 3.92. The molecule has 0 atom stereocenters. The highest BCUT2D eigenvalue weighted by molar-refractivity contribution is 7.89. The van der Waals surface area contributed by atoms with E-state index in [-0.39, 0.29) is 10.6 Å². The topological polar surface area (TPSA) is 113 Å². The monoisotopic (exact) mass is 302 g/mol. The molecule has 0 aromatic heterocycles. The Morgan fingerprint density at radius 2 is 2.00 bits per heavy atom. The summed E-state index contributed by atoms with van der Waals surface area (Å²) in [5, 5.41) is 17.0. The average Bonchev–Trinajstić information content (AvgIpc) is 2.43. The number of nitrogens with zero attached hydrogens (tertiary/aromatic N) is 1. The van der Waals surface area contributed by atoms with Gasteiger partial charge in [0.2, 0.25) is 10.0 Å². The van der Waals surface area contributed by atoms with E-state index in [2.05, 4.69) is 15.4 Å². The number of rotatable bonds is 8. The average molecular weight is 302 g/mol. The van der Waals surface area contributed by atoms with Crippen LogP contribution in [0.2, 0.25) is 0 Å². The maximum Gasteiger partial charge on any atom is 0.293 e. The molecule has 0 fully saturated rings. The van der Waals surface area contributed by atoms with Crippen LogP contribution in [0.25, 0.3) is 0 Å². The fourth-order valence-electron chi connectivity index (χ4n) is 1.56. The first-order valence-corrected chi connectivity index (χ1v) is 7.57. The van der Waals surface area contributed by atoms with E-state index >= 15 is 0 Å². The zero-order valence-corrected chi connectivity index (χ0v) is 12.2. The van der Waals surface area contributed by atoms with Crippen LogP contribution in [-0.4, -0.2) is 40.0 Å². The number of hydrogen-bond acceptors (Lipinski definition) is 6. The minimum absolute atomic E-state index is 0.135. The molecule has 20 heavy (non-hydrogen) atoms. The van der Waals surface area contributed by atoms with Gasteiger partial charge in [0.25, 0.3) is 5.69 Å². The molecule has 0 amide bonds. The molecule has 0 saturated carbocycles. The van der Waals surface area contributed by atoms with Gasteiger partial charge in [-0.1, -0.05) is 6.92 Å². The molecule has 9 heteroatoms. The van der Waals surface area contributed by atoms with Gasteiger partial charge < -0.3 is 10.6 Å². The van der Waals surface area contributed by atoms with Gasteiger partial charge in [-0.15, -0.1) is 0 Å². The molecule has 3 N–H and O–H groups in total. The number of likely N-dealkylation sites (N-methyl/N-ethyl adjacent to an activating group) is 1. The molecule has 0 spiro atoms. The van der Waals surface area contributed by atoms with Crippen molar-refractivity contribution in [3.05, 3.63) is 28.3 Å². The van der Waals surface area contributed by atoms with E-state index in [9.17, 15) is 18.5 Å². The third kappa shape index (κ3) is 4.15. The van der Waals surface area contributed by atoms with Crippen LogP contribution >= 0.6 is 0 Å². The van der Waals surface area contributed by atoms with Crippen molar-refractivity contribution >= 4 is 21.4 Å². The van der Waals surface area contributed by atoms with Gasteiger partial charge in [-0.3, -0.25) is 10.1 Å². The van der Waals surface area contributed by atoms with E-state index in [4.69, 9.17) is 0 Å². The van der Waals surface area contributed by atoms with Crippen LogP contribution in [-0.2, 0) is 10.0 Å². The molecule has 0 radical (unpaired) electrons. The lowest BCUT2D eigenvalue weighted by atomic mass is 10.2. The normalized spacial score (nSPS) is 11.3. The number of nitro groups is 1. The van der Waals surface area contributed by atoms with Crippen molar-refractivity contribution in [3.63, 3.8) is 0 Å². The maximum absolute atomic E-state index is 11.6. The lowest BCUT2D eigenvalue weighted by molar-refractivity contribution is -0.384. The fourth-order valence-corrected chi connectivity index (χ4v) is 2.31. The number of hydrogen-bond donors (Lipinski definition) is 3. The summed E-state index contributed by atoms with van der Waals surface area (Å²) in [4.78, 5) is 10.3. The van der Waals surface area contributed by atoms with E-state index < -0.39 is 14.9 Å². The Kier molecular flexibility index (Phi) is 5.86. The standard InChI is InChI=1S/C11H18N4O4S/c1-3-13-6-7-14-10-5-4-9(20(18,19)12-2)8-11(10)15(16)17/h4-5,8,12-14H,3,6-7H2,1-2H3. The summed E-state index contributed by atoms with van der Waals surface area (Å²) in [6.45, 7) is 3.93. The van der Waals surface area contributed by atoms with Gasteiger partial charge >= 0.3 is 0 Å². The van der Waals surface area contributed by atoms with Gasteiger partial charge in [0.1, 0.15) is 5.69 Å². The van der Waals surface area contributed by atoms with Crippen LogP contribution in [0.4, 0.5) is 11.4 Å². The third-order valence-electron chi connectivity index (χ3n) is 2.61. The van der Waals surface area contributed by atoms with Crippen LogP contribution in [0.1, 0.15) is 6.92 Å². The smallest absolute Gasteiger partial charge is 0.293 e. The van der Waals surface area contributed by atoms with Crippen LogP contribution in [0.5, 0.6) is 0 Å². The number of nitro benzene ring substituents is 1. The zero-order chi connectivity index (χ0) is 15.2. The molecule has 0 saturated heterocycles. The first kappa shape index (κ1) is 16.3. The molecule has 0 aliphatic rings. The minimum Gasteiger partial charge on any atom is -0.378 e. The molecule has 0 unspecified atom stereocenters. The van der Waals surface area contributed by atoms with E-state index in [1.165, 1.54) is 19.2 Å². The van der Waals surface area contributed by atoms with Crippen LogP contribution < -0.4 is 15.4 Å². The maximum atomic E-state index is 11.6. The van der Waals surface area contributed by atoms with Crippen molar-refractivity contribution in [2.75, 3.05) is 32.0 Å². The molecule has 1 aromatic carbocycles. The van der Waals surface area contributed by atoms with Crippen molar-refractivity contribution in [2.45, 2.75) is 11.8 Å². The first-order chi connectivity index (χ1) is 9.42. The van der Waals surface area contributed by atoms with Gasteiger partial charge in [-0.2, -0.15) is 0 Å². The largest absolute Gasteiger partial charge is 0.378 e. The number of nitrogens with one attached hydrogen (secondary N) is 3. The highest BCUT2D eigenvalue weighted by Gasteiger charge is 2.19. The van der Waals surface area contributed by atoms with E-state index in [1.54, 1.807) is 0 Å². The molecule has 1 aromatic rings. The molecular weight excluding hydrogens is 284 g/mol. The summed E-state index contributed by atoms with van der Waals surface area (Å²) in [5.74, 6) is 0. The highest BCUT2D eigenvalue weighted by Crippen LogP contribution is 2.27. The van der Waals surface area contributed by atoms with Crippen molar-refractivity contribution in [1.82, 2.24) is 10.0 Å². The Labute approximate surface area is 117 Å². The van der Waals surface area contributed by atoms with E-state index in [0.717, 1.165) is 12.6 Å². The summed E-state index contributed by atoms with van der Waals surface area (Å²) < 4.78 is 25.4. The number of benzene rings is 1. The molecule has 8 nitrogen and oxygen atoms in total. The third-order valence-corrected chi connectivity index (χ3v) is 4.02. The molecule has 0 heterocycles. The SMILES string of the molecule is CCNCCNc1ccc(S(=O)(=O)NC)cc1[N+](=O)[O-]. The van der Waals surface area contributed by atoms with Crippen LogP contribution in [0.3, 0.4) is 0 Å². The van der Waals surface area contributed by atoms with Gasteiger partial charge in [0, 0.05) is 19.2 Å². The van der Waals surface area contributed by atoms with Gasteiger partial charge in [0.05, 0.1) is 9.82 Å². The molecule has 0 aliphatic carbocycles. The molecule has 112 valence electrons. The van der Waals surface area contributed by atoms with E-state index in [0.29, 0.717) is 18.8 Å². The van der Waals surface area contributed by atoms with Gasteiger partial charge in [0.15, 0.2) is 0 Å². The van der Waals surface area contributed by atoms with Gasteiger partial charge in [-0.05, 0) is 25.7 Å². The predicted molar refractivity (Wildman–Crippen MR) is 76.4 cm³/mol. The zero-order valence-electron chi connectivity index (χ0n) is 11.3. The fraction of sp³-hybridized carbons (Fsp3) is 0.455. The van der Waals surface area contributed by atoms with Gasteiger partial charge in [-0.25, -0.2) is 13.1 Å².